The molecular formula is C6H11ClO2. The van der Waals surface area contributed by atoms with Crippen LogP contribution < -0.4 is 0 Å². The van der Waals surface area contributed by atoms with E-state index < -0.39 is 11.2 Å². The van der Waals surface area contributed by atoms with Crippen LogP contribution in [0.1, 0.15) is 25.7 Å². The van der Waals surface area contributed by atoms with Crippen LogP contribution >= 0.6 is 11.6 Å². The van der Waals surface area contributed by atoms with Gasteiger partial charge in [0.1, 0.15) is 0 Å². The number of alkyl halides is 1. The van der Waals surface area contributed by atoms with Gasteiger partial charge in [-0.15, -0.1) is 11.6 Å². The Morgan fingerprint density at radius 2 is 2.00 bits per heavy atom. The quantitative estimate of drug-likeness (QED) is 0.397. The molecule has 0 aliphatic heterocycles. The molecule has 3 heteroatoms. The number of hydrogen-bond acceptors (Lipinski definition) is 2. The molecular weight excluding hydrogens is 140 g/mol. The van der Waals surface area contributed by atoms with E-state index in [1.807, 2.05) is 0 Å². The lowest BCUT2D eigenvalue weighted by molar-refractivity contribution is -0.176. The smallest absolute Gasteiger partial charge is 0.179 e. The summed E-state index contributed by atoms with van der Waals surface area (Å²) >= 11 is 5.61. The van der Waals surface area contributed by atoms with Crippen LogP contribution in [0.25, 0.3) is 0 Å². The first-order valence-electron chi connectivity index (χ1n) is 3.22. The molecule has 9 heavy (non-hydrogen) atoms. The van der Waals surface area contributed by atoms with Gasteiger partial charge in [0.25, 0.3) is 0 Å². The van der Waals surface area contributed by atoms with Crippen molar-refractivity contribution in [1.82, 2.24) is 0 Å². The van der Waals surface area contributed by atoms with Gasteiger partial charge in [0, 0.05) is 6.42 Å². The molecule has 0 aromatic carbocycles. The van der Waals surface area contributed by atoms with Gasteiger partial charge in [0.05, 0.1) is 5.38 Å². The minimum Gasteiger partial charge on any atom is -0.364 e. The second-order valence-corrected chi connectivity index (χ2v) is 3.12. The van der Waals surface area contributed by atoms with Crippen LogP contribution in [0.2, 0.25) is 0 Å². The van der Waals surface area contributed by atoms with Gasteiger partial charge in [-0.1, -0.05) is 6.42 Å². The fourth-order valence-corrected chi connectivity index (χ4v) is 1.36. The van der Waals surface area contributed by atoms with Crippen molar-refractivity contribution in [3.63, 3.8) is 0 Å². The van der Waals surface area contributed by atoms with Crippen LogP contribution in [-0.4, -0.2) is 21.4 Å². The minimum absolute atomic E-state index is 0.418. The highest BCUT2D eigenvalue weighted by Gasteiger charge is 2.34. The van der Waals surface area contributed by atoms with E-state index in [0.717, 1.165) is 12.8 Å². The molecule has 1 rings (SSSR count). The molecule has 0 saturated heterocycles. The zero-order valence-corrected chi connectivity index (χ0v) is 5.93. The Labute approximate surface area is 59.4 Å². The molecule has 1 aliphatic rings. The van der Waals surface area contributed by atoms with Gasteiger partial charge in [0.15, 0.2) is 5.79 Å². The van der Waals surface area contributed by atoms with Gasteiger partial charge in [-0.05, 0) is 12.8 Å². The third-order valence-corrected chi connectivity index (χ3v) is 2.32. The first-order chi connectivity index (χ1) is 4.13. The maximum absolute atomic E-state index is 9.07. The molecule has 1 atom stereocenters. The number of hydrogen-bond donors (Lipinski definition) is 2. The molecule has 0 bridgehead atoms. The van der Waals surface area contributed by atoms with Crippen molar-refractivity contribution in [2.24, 2.45) is 0 Å². The average Bonchev–Trinajstić information content (AvgIpc) is 1.77. The lowest BCUT2D eigenvalue weighted by Crippen LogP contribution is -2.41. The maximum Gasteiger partial charge on any atom is 0.179 e. The van der Waals surface area contributed by atoms with E-state index in [-0.39, 0.29) is 0 Å². The first-order valence-corrected chi connectivity index (χ1v) is 3.65. The summed E-state index contributed by atoms with van der Waals surface area (Å²) in [6, 6.07) is 0. The third kappa shape index (κ3) is 1.57. The van der Waals surface area contributed by atoms with Gasteiger partial charge in [-0.2, -0.15) is 0 Å². The van der Waals surface area contributed by atoms with E-state index in [0.29, 0.717) is 12.8 Å². The highest BCUT2D eigenvalue weighted by Crippen LogP contribution is 2.29. The first kappa shape index (κ1) is 7.32. The van der Waals surface area contributed by atoms with Crippen LogP contribution in [-0.2, 0) is 0 Å². The predicted molar refractivity (Wildman–Crippen MR) is 35.3 cm³/mol. The summed E-state index contributed by atoms with van der Waals surface area (Å²) in [5.74, 6) is -1.60. The Morgan fingerprint density at radius 1 is 1.33 bits per heavy atom. The molecule has 0 heterocycles. The Morgan fingerprint density at radius 3 is 2.33 bits per heavy atom. The van der Waals surface area contributed by atoms with Gasteiger partial charge in [0.2, 0.25) is 0 Å². The van der Waals surface area contributed by atoms with Crippen LogP contribution in [0.5, 0.6) is 0 Å². The SMILES string of the molecule is OC1(O)CCCCC1Cl. The highest BCUT2D eigenvalue weighted by atomic mass is 35.5. The summed E-state index contributed by atoms with van der Waals surface area (Å²) in [7, 11) is 0. The molecule has 1 aliphatic carbocycles. The van der Waals surface area contributed by atoms with E-state index in [4.69, 9.17) is 21.8 Å². The molecule has 0 amide bonds. The summed E-state index contributed by atoms with van der Waals surface area (Å²) < 4.78 is 0. The summed E-state index contributed by atoms with van der Waals surface area (Å²) in [5.41, 5.74) is 0. The topological polar surface area (TPSA) is 40.5 Å². The zero-order chi connectivity index (χ0) is 6.91. The van der Waals surface area contributed by atoms with E-state index in [1.54, 1.807) is 0 Å². The molecule has 54 valence electrons. The van der Waals surface area contributed by atoms with Crippen LogP contribution in [0.3, 0.4) is 0 Å². The molecule has 1 unspecified atom stereocenters. The molecule has 0 spiro atoms. The van der Waals surface area contributed by atoms with Crippen molar-refractivity contribution in [2.45, 2.75) is 36.8 Å². The van der Waals surface area contributed by atoms with E-state index in [9.17, 15) is 0 Å². The summed E-state index contributed by atoms with van der Waals surface area (Å²) in [6.07, 6.45) is 3.02. The summed E-state index contributed by atoms with van der Waals surface area (Å²) in [4.78, 5) is 0. The predicted octanol–water partition coefficient (Wildman–Crippen LogP) is 0.849. The molecule has 1 fully saturated rings. The standard InChI is InChI=1S/C6H11ClO2/c7-5-3-1-2-4-6(5,8)9/h5,8-9H,1-4H2. The molecule has 1 saturated carbocycles. The number of halogens is 1. The van der Waals surface area contributed by atoms with Gasteiger partial charge in [-0.25, -0.2) is 0 Å². The Balaban J connectivity index is 2.49. The van der Waals surface area contributed by atoms with E-state index >= 15 is 0 Å². The zero-order valence-electron chi connectivity index (χ0n) is 5.18. The second-order valence-electron chi connectivity index (χ2n) is 2.59. The van der Waals surface area contributed by atoms with Crippen molar-refractivity contribution < 1.29 is 10.2 Å². The average molecular weight is 151 g/mol. The Kier molecular flexibility index (Phi) is 1.99. The van der Waals surface area contributed by atoms with Gasteiger partial charge < -0.3 is 10.2 Å². The van der Waals surface area contributed by atoms with Crippen molar-refractivity contribution in [1.29, 1.82) is 0 Å². The van der Waals surface area contributed by atoms with Crippen molar-refractivity contribution in [3.8, 4) is 0 Å². The molecule has 0 aromatic heterocycles. The molecule has 0 radical (unpaired) electrons. The summed E-state index contributed by atoms with van der Waals surface area (Å²) in [6.45, 7) is 0. The van der Waals surface area contributed by atoms with Crippen molar-refractivity contribution in [2.75, 3.05) is 0 Å². The number of rotatable bonds is 0. The van der Waals surface area contributed by atoms with Crippen LogP contribution in [0.15, 0.2) is 0 Å². The van der Waals surface area contributed by atoms with E-state index in [1.165, 1.54) is 0 Å². The van der Waals surface area contributed by atoms with E-state index in [2.05, 4.69) is 0 Å². The third-order valence-electron chi connectivity index (χ3n) is 1.75. The normalized spacial score (nSPS) is 34.3. The maximum atomic E-state index is 9.07. The summed E-state index contributed by atoms with van der Waals surface area (Å²) in [5, 5.41) is 17.7. The van der Waals surface area contributed by atoms with Crippen LogP contribution in [0.4, 0.5) is 0 Å². The van der Waals surface area contributed by atoms with Gasteiger partial charge in [-0.3, -0.25) is 0 Å². The number of aliphatic hydroxyl groups is 2. The Hall–Kier alpha value is 0.210. The monoisotopic (exact) mass is 150 g/mol. The lowest BCUT2D eigenvalue weighted by Gasteiger charge is -2.30. The molecule has 2 N–H and O–H groups in total. The molecule has 0 aromatic rings. The highest BCUT2D eigenvalue weighted by molar-refractivity contribution is 6.21. The van der Waals surface area contributed by atoms with Crippen molar-refractivity contribution in [3.05, 3.63) is 0 Å². The second kappa shape index (κ2) is 2.45. The van der Waals surface area contributed by atoms with Gasteiger partial charge >= 0.3 is 0 Å². The fourth-order valence-electron chi connectivity index (χ4n) is 1.10. The fraction of sp³-hybridized carbons (Fsp3) is 1.00. The van der Waals surface area contributed by atoms with Crippen LogP contribution in [0, 0.1) is 0 Å². The molecule has 2 nitrogen and oxygen atoms in total. The Bertz CT molecular complexity index is 103. The lowest BCUT2D eigenvalue weighted by atomic mass is 9.94. The van der Waals surface area contributed by atoms with Crippen molar-refractivity contribution >= 4 is 11.6 Å². The minimum atomic E-state index is -1.60. The largest absolute Gasteiger partial charge is 0.364 e.